The summed E-state index contributed by atoms with van der Waals surface area (Å²) in [4.78, 5) is 2.19. The summed E-state index contributed by atoms with van der Waals surface area (Å²) in [5.74, 6) is -0.838. The molecule has 1 aliphatic rings. The second-order valence-electron chi connectivity index (χ2n) is 6.65. The fraction of sp³-hybridized carbons (Fsp3) is 0.625. The molecule has 120 valence electrons. The Balaban J connectivity index is 0.00000220. The molecule has 0 saturated carbocycles. The number of nitrogens with zero attached hydrogens (tertiary/aromatic N) is 1. The first kappa shape index (κ1) is 18.3. The van der Waals surface area contributed by atoms with E-state index in [4.69, 9.17) is 0 Å². The lowest BCUT2D eigenvalue weighted by atomic mass is 9.80. The molecule has 1 aromatic rings. The van der Waals surface area contributed by atoms with Gasteiger partial charge in [0.15, 0.2) is 0 Å². The Labute approximate surface area is 132 Å². The first-order valence-corrected chi connectivity index (χ1v) is 7.21. The van der Waals surface area contributed by atoms with Crippen LogP contribution in [0.5, 0.6) is 0 Å². The van der Waals surface area contributed by atoms with E-state index in [1.165, 1.54) is 12.1 Å². The van der Waals surface area contributed by atoms with Crippen LogP contribution in [0.2, 0.25) is 0 Å². The van der Waals surface area contributed by atoms with E-state index in [2.05, 4.69) is 10.2 Å². The van der Waals surface area contributed by atoms with Gasteiger partial charge in [-0.1, -0.05) is 26.8 Å². The molecule has 5 heteroatoms. The largest absolute Gasteiger partial charge is 0.314 e. The average molecular weight is 319 g/mol. The zero-order chi connectivity index (χ0) is 14.9. The van der Waals surface area contributed by atoms with Gasteiger partial charge >= 0.3 is 0 Å². The average Bonchev–Trinajstić information content (AvgIpc) is 2.39. The summed E-state index contributed by atoms with van der Waals surface area (Å²) in [5, 5.41) is 3.28. The van der Waals surface area contributed by atoms with Crippen molar-refractivity contribution < 1.29 is 8.78 Å². The van der Waals surface area contributed by atoms with Crippen LogP contribution in [0.25, 0.3) is 0 Å². The Hall–Kier alpha value is -0.710. The lowest BCUT2D eigenvalue weighted by Crippen LogP contribution is -2.48. The molecule has 0 aromatic heterocycles. The van der Waals surface area contributed by atoms with Crippen molar-refractivity contribution in [2.24, 2.45) is 5.41 Å². The fourth-order valence-corrected chi connectivity index (χ4v) is 3.03. The SMILES string of the molecule is Cc1ccc(F)c([C@@H](N2CCNCC2)C(C)(C)C)c1F.Cl. The Kier molecular flexibility index (Phi) is 6.14. The van der Waals surface area contributed by atoms with Gasteiger partial charge in [-0.05, 0) is 24.0 Å². The van der Waals surface area contributed by atoms with Gasteiger partial charge in [-0.2, -0.15) is 0 Å². The first-order valence-electron chi connectivity index (χ1n) is 7.21. The van der Waals surface area contributed by atoms with Gasteiger partial charge in [0.05, 0.1) is 0 Å². The number of benzene rings is 1. The Morgan fingerprint density at radius 2 is 1.71 bits per heavy atom. The van der Waals surface area contributed by atoms with Crippen molar-refractivity contribution in [3.63, 3.8) is 0 Å². The van der Waals surface area contributed by atoms with Gasteiger partial charge in [0.1, 0.15) is 11.6 Å². The molecule has 1 aliphatic heterocycles. The molecule has 1 heterocycles. The molecule has 0 amide bonds. The first-order chi connectivity index (χ1) is 9.32. The van der Waals surface area contributed by atoms with Crippen LogP contribution in [0.1, 0.15) is 37.9 Å². The minimum absolute atomic E-state index is 0. The molecule has 1 N–H and O–H groups in total. The van der Waals surface area contributed by atoms with Gasteiger partial charge in [-0.25, -0.2) is 8.78 Å². The van der Waals surface area contributed by atoms with Gasteiger partial charge in [-0.3, -0.25) is 4.90 Å². The predicted molar refractivity (Wildman–Crippen MR) is 85.0 cm³/mol. The van der Waals surface area contributed by atoms with Crippen LogP contribution in [-0.2, 0) is 0 Å². The van der Waals surface area contributed by atoms with E-state index in [0.717, 1.165) is 26.2 Å². The number of halogens is 3. The molecule has 1 fully saturated rings. The van der Waals surface area contributed by atoms with Gasteiger partial charge in [0, 0.05) is 37.8 Å². The van der Waals surface area contributed by atoms with Crippen LogP contribution in [-0.4, -0.2) is 31.1 Å². The molecule has 1 aromatic carbocycles. The molecule has 0 aliphatic carbocycles. The van der Waals surface area contributed by atoms with Crippen LogP contribution < -0.4 is 5.32 Å². The maximum atomic E-state index is 14.5. The topological polar surface area (TPSA) is 15.3 Å². The minimum Gasteiger partial charge on any atom is -0.314 e. The van der Waals surface area contributed by atoms with Gasteiger partial charge in [0.2, 0.25) is 0 Å². The summed E-state index contributed by atoms with van der Waals surface area (Å²) in [6.07, 6.45) is 0. The molecular weight excluding hydrogens is 294 g/mol. The van der Waals surface area contributed by atoms with E-state index in [1.807, 2.05) is 20.8 Å². The van der Waals surface area contributed by atoms with Crippen molar-refractivity contribution in [2.75, 3.05) is 26.2 Å². The highest BCUT2D eigenvalue weighted by molar-refractivity contribution is 5.85. The van der Waals surface area contributed by atoms with Gasteiger partial charge < -0.3 is 5.32 Å². The molecular formula is C16H25ClF2N2. The van der Waals surface area contributed by atoms with Crippen molar-refractivity contribution >= 4 is 12.4 Å². The van der Waals surface area contributed by atoms with Crippen LogP contribution in [0.3, 0.4) is 0 Å². The maximum absolute atomic E-state index is 14.5. The Bertz CT molecular complexity index is 480. The number of rotatable bonds is 2. The summed E-state index contributed by atoms with van der Waals surface area (Å²) in [6, 6.07) is 2.64. The fourth-order valence-electron chi connectivity index (χ4n) is 3.03. The highest BCUT2D eigenvalue weighted by Gasteiger charge is 2.36. The third-order valence-electron chi connectivity index (χ3n) is 3.93. The van der Waals surface area contributed by atoms with Crippen molar-refractivity contribution in [1.29, 1.82) is 0 Å². The standard InChI is InChI=1S/C16H24F2N2.ClH/c1-11-5-6-12(17)13(14(11)18)15(16(2,3)4)20-9-7-19-8-10-20;/h5-6,15,19H,7-10H2,1-4H3;1H/t15-;/m1./s1. The molecule has 2 rings (SSSR count). The normalized spacial score (nSPS) is 18.2. The quantitative estimate of drug-likeness (QED) is 0.894. The van der Waals surface area contributed by atoms with E-state index in [0.29, 0.717) is 5.56 Å². The van der Waals surface area contributed by atoms with Gasteiger partial charge in [-0.15, -0.1) is 12.4 Å². The predicted octanol–water partition coefficient (Wildman–Crippen LogP) is 3.69. The zero-order valence-electron chi connectivity index (χ0n) is 13.2. The van der Waals surface area contributed by atoms with Crippen LogP contribution in [0.15, 0.2) is 12.1 Å². The summed E-state index contributed by atoms with van der Waals surface area (Å²) in [5.41, 5.74) is 0.498. The lowest BCUT2D eigenvalue weighted by Gasteiger charge is -2.42. The molecule has 21 heavy (non-hydrogen) atoms. The molecule has 1 atom stereocenters. The Morgan fingerprint density at radius 3 is 2.24 bits per heavy atom. The number of piperazine rings is 1. The second-order valence-corrected chi connectivity index (χ2v) is 6.65. The van der Waals surface area contributed by atoms with Crippen molar-refractivity contribution in [3.8, 4) is 0 Å². The smallest absolute Gasteiger partial charge is 0.133 e. The van der Waals surface area contributed by atoms with Gasteiger partial charge in [0.25, 0.3) is 0 Å². The second kappa shape index (κ2) is 7.03. The van der Waals surface area contributed by atoms with Crippen LogP contribution >= 0.6 is 12.4 Å². The maximum Gasteiger partial charge on any atom is 0.133 e. The molecule has 0 radical (unpaired) electrons. The lowest BCUT2D eigenvalue weighted by molar-refractivity contribution is 0.0803. The number of aryl methyl sites for hydroxylation is 1. The van der Waals surface area contributed by atoms with E-state index < -0.39 is 11.6 Å². The van der Waals surface area contributed by atoms with E-state index in [9.17, 15) is 8.78 Å². The third-order valence-corrected chi connectivity index (χ3v) is 3.93. The number of nitrogens with one attached hydrogen (secondary N) is 1. The van der Waals surface area contributed by atoms with Crippen LogP contribution in [0.4, 0.5) is 8.78 Å². The summed E-state index contributed by atoms with van der Waals surface area (Å²) in [6.45, 7) is 11.2. The third kappa shape index (κ3) is 3.93. The number of hydrogen-bond acceptors (Lipinski definition) is 2. The summed E-state index contributed by atoms with van der Waals surface area (Å²) < 4.78 is 28.8. The number of hydrogen-bond donors (Lipinski definition) is 1. The molecule has 0 unspecified atom stereocenters. The highest BCUT2D eigenvalue weighted by atomic mass is 35.5. The zero-order valence-corrected chi connectivity index (χ0v) is 14.0. The van der Waals surface area contributed by atoms with Crippen molar-refractivity contribution in [2.45, 2.75) is 33.7 Å². The Morgan fingerprint density at radius 1 is 1.14 bits per heavy atom. The van der Waals surface area contributed by atoms with E-state index in [-0.39, 0.29) is 29.4 Å². The molecule has 0 bridgehead atoms. The summed E-state index contributed by atoms with van der Waals surface area (Å²) >= 11 is 0. The molecule has 2 nitrogen and oxygen atoms in total. The molecule has 0 spiro atoms. The van der Waals surface area contributed by atoms with Crippen LogP contribution in [0, 0.1) is 24.0 Å². The minimum atomic E-state index is -0.438. The van der Waals surface area contributed by atoms with E-state index >= 15 is 0 Å². The van der Waals surface area contributed by atoms with E-state index in [1.54, 1.807) is 6.92 Å². The van der Waals surface area contributed by atoms with Crippen molar-refractivity contribution in [1.82, 2.24) is 10.2 Å². The summed E-state index contributed by atoms with van der Waals surface area (Å²) in [7, 11) is 0. The highest BCUT2D eigenvalue weighted by Crippen LogP contribution is 2.40. The molecule has 1 saturated heterocycles. The monoisotopic (exact) mass is 318 g/mol. The van der Waals surface area contributed by atoms with Crippen molar-refractivity contribution in [3.05, 3.63) is 34.9 Å².